The van der Waals surface area contributed by atoms with Crippen molar-refractivity contribution in [1.29, 1.82) is 0 Å². The molecule has 3 aromatic heterocycles. The van der Waals surface area contributed by atoms with Crippen LogP contribution in [0, 0.1) is 0 Å². The summed E-state index contributed by atoms with van der Waals surface area (Å²) in [6.45, 7) is 0. The van der Waals surface area contributed by atoms with E-state index in [9.17, 15) is 0 Å². The molecule has 0 spiro atoms. The molecule has 0 aromatic carbocycles. The van der Waals surface area contributed by atoms with Gasteiger partial charge in [-0.1, -0.05) is 0 Å². The summed E-state index contributed by atoms with van der Waals surface area (Å²) >= 11 is 10.2. The highest BCUT2D eigenvalue weighted by atomic mass is 79.9. The molecule has 0 amide bonds. The third kappa shape index (κ3) is 2.70. The molecule has 0 atom stereocenters. The number of rotatable bonds is 3. The van der Waals surface area contributed by atoms with E-state index in [2.05, 4.69) is 63.1 Å². The second-order valence-electron chi connectivity index (χ2n) is 3.76. The predicted molar refractivity (Wildman–Crippen MR) is 81.7 cm³/mol. The van der Waals surface area contributed by atoms with E-state index in [1.54, 1.807) is 32.4 Å². The zero-order valence-corrected chi connectivity index (χ0v) is 14.1. The maximum Gasteiger partial charge on any atom is 0.568 e. The molecule has 3 rings (SSSR count). The molecule has 19 heavy (non-hydrogen) atoms. The molecule has 0 radical (unpaired) electrons. The van der Waals surface area contributed by atoms with Crippen LogP contribution < -0.4 is 0 Å². The number of aromatic nitrogens is 6. The smallest absolute Gasteiger partial charge is 0.267 e. The van der Waals surface area contributed by atoms with E-state index in [1.807, 2.05) is 18.6 Å². The molecule has 0 saturated heterocycles. The van der Waals surface area contributed by atoms with Crippen LogP contribution in [0.4, 0.5) is 0 Å². The molecule has 0 bridgehead atoms. The summed E-state index contributed by atoms with van der Waals surface area (Å²) in [7, 11) is -0.302. The Labute approximate surface area is 134 Å². The van der Waals surface area contributed by atoms with E-state index >= 15 is 0 Å². The Morgan fingerprint density at radius 2 is 1.00 bits per heavy atom. The van der Waals surface area contributed by atoms with Gasteiger partial charge in [-0.3, -0.25) is 13.8 Å². The van der Waals surface area contributed by atoms with Gasteiger partial charge in [0.25, 0.3) is 0 Å². The highest BCUT2D eigenvalue weighted by Crippen LogP contribution is 2.13. The van der Waals surface area contributed by atoms with Gasteiger partial charge in [0, 0.05) is 18.6 Å². The van der Waals surface area contributed by atoms with Crippen molar-refractivity contribution in [1.82, 2.24) is 29.1 Å². The summed E-state index contributed by atoms with van der Waals surface area (Å²) in [6.07, 6.45) is 10.8. The molecule has 96 valence electrons. The third-order valence-electron chi connectivity index (χ3n) is 2.42. The van der Waals surface area contributed by atoms with Crippen molar-refractivity contribution in [2.45, 2.75) is 0 Å². The summed E-state index contributed by atoms with van der Waals surface area (Å²) in [6, 6.07) is 0. The second kappa shape index (κ2) is 5.26. The zero-order valence-electron chi connectivity index (χ0n) is 9.36. The van der Waals surface area contributed by atoms with E-state index in [-0.39, 0.29) is 7.12 Å². The largest absolute Gasteiger partial charge is 0.568 e. The molecule has 0 aliphatic rings. The molecule has 6 nitrogen and oxygen atoms in total. The monoisotopic (exact) mass is 446 g/mol. The Kier molecular flexibility index (Phi) is 3.63. The van der Waals surface area contributed by atoms with Crippen LogP contribution in [-0.4, -0.2) is 36.2 Å². The molecular weight excluding hydrogens is 443 g/mol. The average Bonchev–Trinajstić information content (AvgIpc) is 3.05. The van der Waals surface area contributed by atoms with Crippen molar-refractivity contribution in [3.8, 4) is 0 Å². The molecule has 3 heterocycles. The third-order valence-corrected chi connectivity index (χ3v) is 3.65. The van der Waals surface area contributed by atoms with Crippen LogP contribution in [0.3, 0.4) is 0 Å². The molecule has 0 saturated carbocycles. The Balaban J connectivity index is 2.10. The fourth-order valence-electron chi connectivity index (χ4n) is 1.69. The summed E-state index contributed by atoms with van der Waals surface area (Å²) < 4.78 is 7.99. The topological polar surface area (TPSA) is 53.5 Å². The van der Waals surface area contributed by atoms with Gasteiger partial charge in [0.1, 0.15) is 0 Å². The molecular formula is C9H6BBr3N6. The van der Waals surface area contributed by atoms with Gasteiger partial charge in [0.05, 0.1) is 32.0 Å². The minimum absolute atomic E-state index is 0.302. The van der Waals surface area contributed by atoms with Crippen LogP contribution in [0.5, 0.6) is 0 Å². The highest BCUT2D eigenvalue weighted by Gasteiger charge is 2.27. The van der Waals surface area contributed by atoms with Crippen LogP contribution in [0.1, 0.15) is 0 Å². The number of hydrogen-bond donors (Lipinski definition) is 0. The summed E-state index contributed by atoms with van der Waals surface area (Å²) in [5.41, 5.74) is 0. The first-order chi connectivity index (χ1) is 9.13. The van der Waals surface area contributed by atoms with Crippen molar-refractivity contribution in [2.75, 3.05) is 0 Å². The van der Waals surface area contributed by atoms with Crippen LogP contribution in [0.15, 0.2) is 50.6 Å². The Morgan fingerprint density at radius 1 is 0.684 bits per heavy atom. The quantitative estimate of drug-likeness (QED) is 0.579. The van der Waals surface area contributed by atoms with Gasteiger partial charge in [-0.05, 0) is 47.8 Å². The van der Waals surface area contributed by atoms with Crippen molar-refractivity contribution < 1.29 is 0 Å². The number of nitrogens with zero attached hydrogens (tertiary/aromatic N) is 6. The van der Waals surface area contributed by atoms with Gasteiger partial charge in [0.2, 0.25) is 0 Å². The molecule has 3 aromatic rings. The first-order valence-electron chi connectivity index (χ1n) is 5.22. The van der Waals surface area contributed by atoms with E-state index in [0.29, 0.717) is 0 Å². The highest BCUT2D eigenvalue weighted by molar-refractivity contribution is 9.11. The molecule has 0 unspecified atom stereocenters. The van der Waals surface area contributed by atoms with E-state index in [0.717, 1.165) is 13.4 Å². The SMILES string of the molecule is Brc1cnn(B(n2cc(Br)cn2)n2cc(Br)cn2)c1. The first kappa shape index (κ1) is 13.1. The molecule has 0 aliphatic heterocycles. The molecule has 0 N–H and O–H groups in total. The summed E-state index contributed by atoms with van der Waals surface area (Å²) in [5, 5.41) is 12.9. The van der Waals surface area contributed by atoms with Crippen molar-refractivity contribution in [3.05, 3.63) is 50.6 Å². The van der Waals surface area contributed by atoms with Gasteiger partial charge in [-0.2, -0.15) is 15.3 Å². The number of hydrogen-bond acceptors (Lipinski definition) is 3. The van der Waals surface area contributed by atoms with E-state index < -0.39 is 0 Å². The van der Waals surface area contributed by atoms with Crippen molar-refractivity contribution in [3.63, 3.8) is 0 Å². The fraction of sp³-hybridized carbons (Fsp3) is 0. The Bertz CT molecular complexity index is 609. The fourth-order valence-corrected chi connectivity index (χ4v) is 2.59. The first-order valence-corrected chi connectivity index (χ1v) is 7.60. The normalized spacial score (nSPS) is 10.9. The predicted octanol–water partition coefficient (Wildman–Crippen LogP) is 2.49. The minimum atomic E-state index is -0.302. The molecule has 10 heteroatoms. The van der Waals surface area contributed by atoms with Gasteiger partial charge >= 0.3 is 7.12 Å². The maximum atomic E-state index is 4.30. The van der Waals surface area contributed by atoms with Crippen molar-refractivity contribution >= 4 is 54.9 Å². The molecule has 0 fully saturated rings. The van der Waals surface area contributed by atoms with Gasteiger partial charge in [-0.25, -0.2) is 0 Å². The van der Waals surface area contributed by atoms with Gasteiger partial charge < -0.3 is 0 Å². The van der Waals surface area contributed by atoms with Gasteiger partial charge in [-0.15, -0.1) is 0 Å². The van der Waals surface area contributed by atoms with Crippen LogP contribution in [0.2, 0.25) is 0 Å². The lowest BCUT2D eigenvalue weighted by atomic mass is 9.96. The van der Waals surface area contributed by atoms with Crippen molar-refractivity contribution in [2.24, 2.45) is 0 Å². The maximum absolute atomic E-state index is 4.30. The van der Waals surface area contributed by atoms with Gasteiger partial charge in [0.15, 0.2) is 0 Å². The standard InChI is InChI=1S/C9H6BBr3N6/c11-7-1-14-17(4-7)10(18-5-8(12)2-15-18)19-6-9(13)3-16-19/h1-6H. The number of halogens is 3. The second-order valence-corrected chi connectivity index (χ2v) is 6.51. The average molecular weight is 449 g/mol. The lowest BCUT2D eigenvalue weighted by Gasteiger charge is -2.12. The minimum Gasteiger partial charge on any atom is -0.267 e. The lowest BCUT2D eigenvalue weighted by molar-refractivity contribution is 0.771. The van der Waals surface area contributed by atoms with Crippen LogP contribution >= 0.6 is 47.8 Å². The van der Waals surface area contributed by atoms with Crippen LogP contribution in [0.25, 0.3) is 0 Å². The van der Waals surface area contributed by atoms with Crippen LogP contribution in [-0.2, 0) is 0 Å². The van der Waals surface area contributed by atoms with E-state index in [1.165, 1.54) is 0 Å². The van der Waals surface area contributed by atoms with E-state index in [4.69, 9.17) is 0 Å². The zero-order chi connectivity index (χ0) is 13.4. The molecule has 0 aliphatic carbocycles. The lowest BCUT2D eigenvalue weighted by Crippen LogP contribution is -2.42. The summed E-state index contributed by atoms with van der Waals surface area (Å²) in [4.78, 5) is 0. The summed E-state index contributed by atoms with van der Waals surface area (Å²) in [5.74, 6) is 0. The Hall–Kier alpha value is -0.865. The Morgan fingerprint density at radius 3 is 1.21 bits per heavy atom.